The minimum Gasteiger partial charge on any atom is -0.326 e. The molecule has 22 heavy (non-hydrogen) atoms. The third-order valence-corrected chi connectivity index (χ3v) is 4.39. The van der Waals surface area contributed by atoms with Crippen molar-refractivity contribution in [3.05, 3.63) is 65.4 Å². The number of hydrogen-bond acceptors (Lipinski definition) is 4. The SMILES string of the molecule is Cc1nc(-c2cccnc2)sc1CC(=O)Nc1ccccc1. The molecular weight excluding hydrogens is 294 g/mol. The first-order valence-electron chi connectivity index (χ1n) is 6.94. The van der Waals surface area contributed by atoms with Crippen LogP contribution in [-0.2, 0) is 11.2 Å². The van der Waals surface area contributed by atoms with E-state index >= 15 is 0 Å². The Labute approximate surface area is 132 Å². The van der Waals surface area contributed by atoms with E-state index < -0.39 is 0 Å². The maximum atomic E-state index is 12.1. The average molecular weight is 309 g/mol. The molecule has 0 saturated heterocycles. The van der Waals surface area contributed by atoms with Gasteiger partial charge >= 0.3 is 0 Å². The number of para-hydroxylation sites is 1. The van der Waals surface area contributed by atoms with Gasteiger partial charge in [-0.2, -0.15) is 0 Å². The van der Waals surface area contributed by atoms with Crippen molar-refractivity contribution in [1.29, 1.82) is 0 Å². The fourth-order valence-corrected chi connectivity index (χ4v) is 3.13. The molecule has 0 fully saturated rings. The summed E-state index contributed by atoms with van der Waals surface area (Å²) >= 11 is 1.54. The number of aryl methyl sites for hydroxylation is 1. The Morgan fingerprint density at radius 3 is 2.73 bits per heavy atom. The van der Waals surface area contributed by atoms with Crippen LogP contribution in [0.5, 0.6) is 0 Å². The minimum absolute atomic E-state index is 0.0318. The molecule has 0 spiro atoms. The first-order chi connectivity index (χ1) is 10.7. The zero-order chi connectivity index (χ0) is 15.4. The van der Waals surface area contributed by atoms with Gasteiger partial charge < -0.3 is 5.32 Å². The van der Waals surface area contributed by atoms with Crippen LogP contribution < -0.4 is 5.32 Å². The number of carbonyl (C=O) groups is 1. The van der Waals surface area contributed by atoms with E-state index in [1.54, 1.807) is 12.4 Å². The molecule has 1 amide bonds. The van der Waals surface area contributed by atoms with Crippen molar-refractivity contribution < 1.29 is 4.79 Å². The van der Waals surface area contributed by atoms with Crippen molar-refractivity contribution in [2.45, 2.75) is 13.3 Å². The van der Waals surface area contributed by atoms with E-state index in [0.717, 1.165) is 26.8 Å². The number of pyridine rings is 1. The molecule has 0 aliphatic carbocycles. The smallest absolute Gasteiger partial charge is 0.229 e. The number of aromatic nitrogens is 2. The molecule has 0 radical (unpaired) electrons. The molecule has 2 heterocycles. The fourth-order valence-electron chi connectivity index (χ4n) is 2.08. The van der Waals surface area contributed by atoms with Crippen molar-refractivity contribution in [3.63, 3.8) is 0 Å². The highest BCUT2D eigenvalue weighted by molar-refractivity contribution is 7.15. The van der Waals surface area contributed by atoms with Gasteiger partial charge in [0.2, 0.25) is 5.91 Å². The number of carbonyl (C=O) groups excluding carboxylic acids is 1. The molecule has 5 heteroatoms. The zero-order valence-electron chi connectivity index (χ0n) is 12.1. The van der Waals surface area contributed by atoms with E-state index in [-0.39, 0.29) is 5.91 Å². The Morgan fingerprint density at radius 2 is 2.00 bits per heavy atom. The Balaban J connectivity index is 1.73. The maximum Gasteiger partial charge on any atom is 0.229 e. The van der Waals surface area contributed by atoms with Gasteiger partial charge in [-0.3, -0.25) is 9.78 Å². The second-order valence-electron chi connectivity index (χ2n) is 4.86. The summed E-state index contributed by atoms with van der Waals surface area (Å²) in [5, 5.41) is 3.79. The lowest BCUT2D eigenvalue weighted by Gasteiger charge is -2.03. The molecule has 1 aromatic carbocycles. The summed E-state index contributed by atoms with van der Waals surface area (Å²) in [5.74, 6) is -0.0318. The third-order valence-electron chi connectivity index (χ3n) is 3.18. The molecule has 0 atom stereocenters. The lowest BCUT2D eigenvalue weighted by atomic mass is 10.2. The summed E-state index contributed by atoms with van der Waals surface area (Å²) in [5.41, 5.74) is 2.68. The fraction of sp³-hybridized carbons (Fsp3) is 0.118. The number of nitrogens with zero attached hydrogens (tertiary/aromatic N) is 2. The number of hydrogen-bond donors (Lipinski definition) is 1. The van der Waals surface area contributed by atoms with Crippen LogP contribution in [0, 0.1) is 6.92 Å². The van der Waals surface area contributed by atoms with Crippen molar-refractivity contribution >= 4 is 22.9 Å². The lowest BCUT2D eigenvalue weighted by Crippen LogP contribution is -2.14. The first kappa shape index (κ1) is 14.4. The van der Waals surface area contributed by atoms with Gasteiger partial charge in [-0.25, -0.2) is 4.98 Å². The van der Waals surface area contributed by atoms with Crippen LogP contribution in [0.25, 0.3) is 10.6 Å². The number of nitrogens with one attached hydrogen (secondary N) is 1. The number of anilines is 1. The molecule has 0 aliphatic heterocycles. The van der Waals surface area contributed by atoms with Crippen molar-refractivity contribution in [2.75, 3.05) is 5.32 Å². The molecule has 1 N–H and O–H groups in total. The summed E-state index contributed by atoms with van der Waals surface area (Å²) in [6.45, 7) is 1.93. The molecule has 110 valence electrons. The van der Waals surface area contributed by atoms with Gasteiger partial charge in [-0.15, -0.1) is 11.3 Å². The largest absolute Gasteiger partial charge is 0.326 e. The van der Waals surface area contributed by atoms with Crippen LogP contribution in [-0.4, -0.2) is 15.9 Å². The number of rotatable bonds is 4. The molecule has 0 unspecified atom stereocenters. The van der Waals surface area contributed by atoms with E-state index in [1.807, 2.05) is 49.4 Å². The Bertz CT molecular complexity index is 769. The van der Waals surface area contributed by atoms with E-state index in [0.29, 0.717) is 6.42 Å². The van der Waals surface area contributed by atoms with Gasteiger partial charge in [0.15, 0.2) is 0 Å². The van der Waals surface area contributed by atoms with E-state index in [2.05, 4.69) is 15.3 Å². The highest BCUT2D eigenvalue weighted by atomic mass is 32.1. The van der Waals surface area contributed by atoms with Crippen molar-refractivity contribution in [2.24, 2.45) is 0 Å². The number of benzene rings is 1. The highest BCUT2D eigenvalue weighted by Crippen LogP contribution is 2.27. The summed E-state index contributed by atoms with van der Waals surface area (Å²) in [7, 11) is 0. The van der Waals surface area contributed by atoms with Crippen molar-refractivity contribution in [1.82, 2.24) is 9.97 Å². The second-order valence-corrected chi connectivity index (χ2v) is 5.94. The van der Waals surface area contributed by atoms with Crippen molar-refractivity contribution in [3.8, 4) is 10.6 Å². The highest BCUT2D eigenvalue weighted by Gasteiger charge is 2.13. The van der Waals surface area contributed by atoms with Crippen LogP contribution in [0.3, 0.4) is 0 Å². The summed E-state index contributed by atoms with van der Waals surface area (Å²) in [6.07, 6.45) is 3.85. The molecule has 2 aromatic heterocycles. The van der Waals surface area contributed by atoms with E-state index in [1.165, 1.54) is 11.3 Å². The van der Waals surface area contributed by atoms with Crippen LogP contribution in [0.2, 0.25) is 0 Å². The topological polar surface area (TPSA) is 54.9 Å². The molecule has 0 saturated carbocycles. The molecule has 3 rings (SSSR count). The molecule has 0 bridgehead atoms. The molecule has 4 nitrogen and oxygen atoms in total. The quantitative estimate of drug-likeness (QED) is 0.799. The Kier molecular flexibility index (Phi) is 4.25. The third kappa shape index (κ3) is 3.38. The first-order valence-corrected chi connectivity index (χ1v) is 7.75. The normalized spacial score (nSPS) is 10.4. The predicted octanol–water partition coefficient (Wildman–Crippen LogP) is 3.69. The Morgan fingerprint density at radius 1 is 1.18 bits per heavy atom. The molecular formula is C17H15N3OS. The van der Waals surface area contributed by atoms with Crippen LogP contribution in [0.4, 0.5) is 5.69 Å². The van der Waals surface area contributed by atoms with E-state index in [9.17, 15) is 4.79 Å². The van der Waals surface area contributed by atoms with Crippen LogP contribution >= 0.6 is 11.3 Å². The summed E-state index contributed by atoms with van der Waals surface area (Å²) < 4.78 is 0. The summed E-state index contributed by atoms with van der Waals surface area (Å²) in [6, 6.07) is 13.3. The van der Waals surface area contributed by atoms with Gasteiger partial charge in [0, 0.05) is 28.5 Å². The molecule has 0 aliphatic rings. The molecule has 3 aromatic rings. The van der Waals surface area contributed by atoms with Gasteiger partial charge in [0.05, 0.1) is 12.1 Å². The maximum absolute atomic E-state index is 12.1. The number of thiazole rings is 1. The predicted molar refractivity (Wildman–Crippen MR) is 88.9 cm³/mol. The van der Waals surface area contributed by atoms with E-state index in [4.69, 9.17) is 0 Å². The zero-order valence-corrected chi connectivity index (χ0v) is 12.9. The monoisotopic (exact) mass is 309 g/mol. The van der Waals surface area contributed by atoms with Gasteiger partial charge in [-0.05, 0) is 31.2 Å². The standard InChI is InChI=1S/C17H15N3OS/c1-12-15(10-16(21)20-14-7-3-2-4-8-14)22-17(19-12)13-6-5-9-18-11-13/h2-9,11H,10H2,1H3,(H,20,21). The van der Waals surface area contributed by atoms with Gasteiger partial charge in [0.25, 0.3) is 0 Å². The lowest BCUT2D eigenvalue weighted by molar-refractivity contribution is -0.115. The van der Waals surface area contributed by atoms with Gasteiger partial charge in [-0.1, -0.05) is 18.2 Å². The second kappa shape index (κ2) is 6.49. The minimum atomic E-state index is -0.0318. The average Bonchev–Trinajstić information content (AvgIpc) is 2.90. The van der Waals surface area contributed by atoms with Gasteiger partial charge in [0.1, 0.15) is 5.01 Å². The van der Waals surface area contributed by atoms with Crippen LogP contribution in [0.15, 0.2) is 54.9 Å². The Hall–Kier alpha value is -2.53. The summed E-state index contributed by atoms with van der Waals surface area (Å²) in [4.78, 5) is 21.8. The number of amides is 1. The van der Waals surface area contributed by atoms with Crippen LogP contribution in [0.1, 0.15) is 10.6 Å².